The van der Waals surface area contributed by atoms with E-state index >= 15 is 0 Å². The van der Waals surface area contributed by atoms with E-state index in [0.29, 0.717) is 24.5 Å². The predicted octanol–water partition coefficient (Wildman–Crippen LogP) is 1.14. The van der Waals surface area contributed by atoms with Crippen LogP contribution in [0.5, 0.6) is 0 Å². The summed E-state index contributed by atoms with van der Waals surface area (Å²) in [6.45, 7) is 3.63. The van der Waals surface area contributed by atoms with Gasteiger partial charge in [-0.1, -0.05) is 6.92 Å². The number of hydrogen-bond donors (Lipinski definition) is 1. The molecule has 2 aliphatic rings. The number of nitrogens with zero attached hydrogens (tertiary/aromatic N) is 1. The van der Waals surface area contributed by atoms with Crippen molar-refractivity contribution in [2.24, 2.45) is 0 Å². The summed E-state index contributed by atoms with van der Waals surface area (Å²) in [5.41, 5.74) is 0. The Balaban J connectivity index is 1.73. The average molecular weight is 196 g/mol. The third-order valence-electron chi connectivity index (χ3n) is 2.89. The highest BCUT2D eigenvalue weighted by molar-refractivity contribution is 5.79. The Labute approximate surface area is 85.8 Å². The van der Waals surface area contributed by atoms with Gasteiger partial charge in [-0.15, -0.1) is 0 Å². The van der Waals surface area contributed by atoms with Gasteiger partial charge < -0.3 is 10.2 Å². The van der Waals surface area contributed by atoms with Crippen LogP contribution in [0.15, 0.2) is 0 Å². The highest BCUT2D eigenvalue weighted by Crippen LogP contribution is 2.27. The van der Waals surface area contributed by atoms with Crippen molar-refractivity contribution in [1.29, 1.82) is 0 Å². The fourth-order valence-electron chi connectivity index (χ4n) is 1.76. The topological polar surface area (TPSA) is 32.3 Å². The number of amides is 1. The minimum Gasteiger partial charge on any atom is -0.339 e. The molecule has 2 saturated carbocycles. The van der Waals surface area contributed by atoms with Gasteiger partial charge in [0.15, 0.2) is 0 Å². The van der Waals surface area contributed by atoms with E-state index in [-0.39, 0.29) is 0 Å². The molecule has 1 amide bonds. The van der Waals surface area contributed by atoms with Crippen molar-refractivity contribution < 1.29 is 4.79 Å². The highest BCUT2D eigenvalue weighted by Gasteiger charge is 2.32. The zero-order valence-corrected chi connectivity index (χ0v) is 8.96. The monoisotopic (exact) mass is 196 g/mol. The van der Waals surface area contributed by atoms with Crippen molar-refractivity contribution in [2.45, 2.75) is 51.1 Å². The number of hydrogen-bond acceptors (Lipinski definition) is 2. The fraction of sp³-hybridized carbons (Fsp3) is 0.909. The molecule has 1 N–H and O–H groups in total. The molecule has 0 aromatic heterocycles. The minimum absolute atomic E-state index is 0.307. The van der Waals surface area contributed by atoms with Gasteiger partial charge in [0.25, 0.3) is 0 Å². The standard InChI is InChI=1S/C11H20N2O/c1-2-7-13(10-5-6-10)11(14)8-12-9-3-4-9/h9-10,12H,2-8H2,1H3. The van der Waals surface area contributed by atoms with Crippen molar-refractivity contribution in [1.82, 2.24) is 10.2 Å². The molecule has 14 heavy (non-hydrogen) atoms. The van der Waals surface area contributed by atoms with E-state index in [9.17, 15) is 4.79 Å². The van der Waals surface area contributed by atoms with Gasteiger partial charge in [0.2, 0.25) is 5.91 Å². The Morgan fingerprint density at radius 2 is 2.07 bits per heavy atom. The smallest absolute Gasteiger partial charge is 0.236 e. The zero-order valence-electron chi connectivity index (χ0n) is 8.96. The highest BCUT2D eigenvalue weighted by atomic mass is 16.2. The second-order valence-corrected chi connectivity index (χ2v) is 4.47. The Bertz CT molecular complexity index is 209. The van der Waals surface area contributed by atoms with E-state index in [4.69, 9.17) is 0 Å². The molecule has 3 nitrogen and oxygen atoms in total. The van der Waals surface area contributed by atoms with E-state index in [2.05, 4.69) is 17.1 Å². The van der Waals surface area contributed by atoms with E-state index in [1.807, 2.05) is 0 Å². The van der Waals surface area contributed by atoms with Gasteiger partial charge >= 0.3 is 0 Å². The lowest BCUT2D eigenvalue weighted by Gasteiger charge is -2.21. The van der Waals surface area contributed by atoms with E-state index in [0.717, 1.165) is 13.0 Å². The van der Waals surface area contributed by atoms with Crippen molar-refractivity contribution in [3.05, 3.63) is 0 Å². The summed E-state index contributed by atoms with van der Waals surface area (Å²) in [4.78, 5) is 13.9. The van der Waals surface area contributed by atoms with Crippen LogP contribution in [0.2, 0.25) is 0 Å². The molecule has 0 spiro atoms. The third kappa shape index (κ3) is 2.71. The van der Waals surface area contributed by atoms with E-state index in [1.165, 1.54) is 25.7 Å². The van der Waals surface area contributed by atoms with Crippen LogP contribution in [0.1, 0.15) is 39.0 Å². The second-order valence-electron chi connectivity index (χ2n) is 4.47. The second kappa shape index (κ2) is 4.30. The van der Waals surface area contributed by atoms with Crippen LogP contribution in [0, 0.1) is 0 Å². The lowest BCUT2D eigenvalue weighted by Crippen LogP contribution is -2.40. The maximum absolute atomic E-state index is 11.8. The van der Waals surface area contributed by atoms with Crippen LogP contribution in [0.4, 0.5) is 0 Å². The molecule has 0 bridgehead atoms. The third-order valence-corrected chi connectivity index (χ3v) is 2.89. The maximum atomic E-state index is 11.8. The molecule has 0 atom stereocenters. The van der Waals surface area contributed by atoms with Gasteiger partial charge in [0.1, 0.15) is 0 Å². The Morgan fingerprint density at radius 3 is 2.57 bits per heavy atom. The van der Waals surface area contributed by atoms with E-state index < -0.39 is 0 Å². The summed E-state index contributed by atoms with van der Waals surface area (Å²) in [6.07, 6.45) is 6.02. The van der Waals surface area contributed by atoms with Crippen LogP contribution < -0.4 is 5.32 Å². The molecule has 0 aromatic rings. The Kier molecular flexibility index (Phi) is 3.06. The SMILES string of the molecule is CCCN(C(=O)CNC1CC1)C1CC1. The number of rotatable bonds is 6. The van der Waals surface area contributed by atoms with Gasteiger partial charge in [-0.3, -0.25) is 4.79 Å². The Morgan fingerprint density at radius 1 is 1.36 bits per heavy atom. The summed E-state index contributed by atoms with van der Waals surface area (Å²) < 4.78 is 0. The average Bonchev–Trinajstić information content (AvgIpc) is 3.03. The van der Waals surface area contributed by atoms with Gasteiger partial charge in [0.05, 0.1) is 6.54 Å². The first-order chi connectivity index (χ1) is 6.81. The molecule has 2 rings (SSSR count). The van der Waals surface area contributed by atoms with Crippen molar-refractivity contribution >= 4 is 5.91 Å². The van der Waals surface area contributed by atoms with Gasteiger partial charge in [0, 0.05) is 18.6 Å². The van der Waals surface area contributed by atoms with Gasteiger partial charge in [-0.05, 0) is 32.1 Å². The summed E-state index contributed by atoms with van der Waals surface area (Å²) >= 11 is 0. The van der Waals surface area contributed by atoms with Crippen LogP contribution in [-0.4, -0.2) is 36.0 Å². The van der Waals surface area contributed by atoms with Crippen molar-refractivity contribution in [3.8, 4) is 0 Å². The first kappa shape index (κ1) is 9.97. The molecular weight excluding hydrogens is 176 g/mol. The quantitative estimate of drug-likeness (QED) is 0.691. The lowest BCUT2D eigenvalue weighted by atomic mass is 10.3. The van der Waals surface area contributed by atoms with Gasteiger partial charge in [-0.25, -0.2) is 0 Å². The summed E-state index contributed by atoms with van der Waals surface area (Å²) in [7, 11) is 0. The minimum atomic E-state index is 0.307. The molecule has 3 heteroatoms. The molecule has 0 radical (unpaired) electrons. The molecule has 0 heterocycles. The first-order valence-electron chi connectivity index (χ1n) is 5.84. The number of nitrogens with one attached hydrogen (secondary N) is 1. The summed E-state index contributed by atoms with van der Waals surface area (Å²) in [6, 6.07) is 1.21. The molecular formula is C11H20N2O. The predicted molar refractivity (Wildman–Crippen MR) is 56.1 cm³/mol. The van der Waals surface area contributed by atoms with Gasteiger partial charge in [-0.2, -0.15) is 0 Å². The molecule has 0 aromatic carbocycles. The largest absolute Gasteiger partial charge is 0.339 e. The summed E-state index contributed by atoms with van der Waals surface area (Å²) in [5.74, 6) is 0.307. The van der Waals surface area contributed by atoms with Crippen molar-refractivity contribution in [3.63, 3.8) is 0 Å². The molecule has 2 aliphatic carbocycles. The van der Waals surface area contributed by atoms with Crippen LogP contribution >= 0.6 is 0 Å². The summed E-state index contributed by atoms with van der Waals surface area (Å²) in [5, 5.41) is 3.29. The van der Waals surface area contributed by atoms with Crippen LogP contribution in [0.25, 0.3) is 0 Å². The first-order valence-corrected chi connectivity index (χ1v) is 5.84. The molecule has 80 valence electrons. The Hall–Kier alpha value is -0.570. The fourth-order valence-corrected chi connectivity index (χ4v) is 1.76. The molecule has 0 aliphatic heterocycles. The number of carbonyl (C=O) groups excluding carboxylic acids is 1. The zero-order chi connectivity index (χ0) is 9.97. The van der Waals surface area contributed by atoms with Crippen molar-refractivity contribution in [2.75, 3.05) is 13.1 Å². The lowest BCUT2D eigenvalue weighted by molar-refractivity contribution is -0.130. The normalized spacial score (nSPS) is 20.9. The molecule has 0 saturated heterocycles. The molecule has 0 unspecified atom stereocenters. The van der Waals surface area contributed by atoms with Crippen LogP contribution in [0.3, 0.4) is 0 Å². The number of carbonyl (C=O) groups is 1. The molecule has 2 fully saturated rings. The van der Waals surface area contributed by atoms with E-state index in [1.54, 1.807) is 0 Å². The maximum Gasteiger partial charge on any atom is 0.236 e. The van der Waals surface area contributed by atoms with Crippen LogP contribution in [-0.2, 0) is 4.79 Å².